The minimum Gasteiger partial charge on any atom is -0.451 e. The molecule has 9 nitrogen and oxygen atoms in total. The molecule has 0 aliphatic carbocycles. The van der Waals surface area contributed by atoms with Crippen LogP contribution in [0.25, 0.3) is 11.0 Å². The first-order valence-corrected chi connectivity index (χ1v) is 15.8. The van der Waals surface area contributed by atoms with Crippen molar-refractivity contribution in [2.45, 2.75) is 31.7 Å². The van der Waals surface area contributed by atoms with E-state index in [1.807, 2.05) is 41.3 Å². The second-order valence-electron chi connectivity index (χ2n) is 11.5. The molecule has 1 atom stereocenters. The number of carbonyl (C=O) groups is 3. The van der Waals surface area contributed by atoms with Gasteiger partial charge in [-0.25, -0.2) is 0 Å². The zero-order chi connectivity index (χ0) is 31.3. The van der Waals surface area contributed by atoms with Crippen LogP contribution in [0, 0.1) is 0 Å². The van der Waals surface area contributed by atoms with Crippen molar-refractivity contribution >= 4 is 46.0 Å². The maximum Gasteiger partial charge on any atom is 0.287 e. The number of halogens is 1. The standard InChI is InChI=1S/C35H35ClN4O5/c36-25-14-12-24(13-15-25)22-28(37-33(42)32-23-30(41)27-9-3-5-11-31(27)45-32)35(44)40-20-18-38(19-21-40)29-10-4-2-8-26(29)34(43)39-16-6-1-7-17-39/h2-5,8-15,23,28H,1,6-7,16-22H2,(H,37,42)/t28-/m1/s1. The molecule has 10 heteroatoms. The molecule has 1 N–H and O–H groups in total. The Kier molecular flexibility index (Phi) is 9.16. The fraction of sp³-hybridized carbons (Fsp3) is 0.314. The topological polar surface area (TPSA) is 103 Å². The fourth-order valence-electron chi connectivity index (χ4n) is 6.09. The van der Waals surface area contributed by atoms with Gasteiger partial charge in [0.05, 0.1) is 10.9 Å². The van der Waals surface area contributed by atoms with Gasteiger partial charge in [0.2, 0.25) is 5.91 Å². The Labute approximate surface area is 266 Å². The molecule has 4 aromatic rings. The molecular formula is C35H35ClN4O5. The number of likely N-dealkylation sites (tertiary alicyclic amines) is 1. The molecule has 2 fully saturated rings. The maximum absolute atomic E-state index is 14.0. The summed E-state index contributed by atoms with van der Waals surface area (Å²) in [6.07, 6.45) is 3.43. The van der Waals surface area contributed by atoms with E-state index in [-0.39, 0.29) is 29.4 Å². The summed E-state index contributed by atoms with van der Waals surface area (Å²) in [6, 6.07) is 21.8. The average molecular weight is 627 g/mol. The third-order valence-corrected chi connectivity index (χ3v) is 8.78. The number of rotatable bonds is 7. The van der Waals surface area contributed by atoms with Gasteiger partial charge in [0.1, 0.15) is 11.6 Å². The summed E-state index contributed by atoms with van der Waals surface area (Å²) in [7, 11) is 0. The minimum atomic E-state index is -0.907. The van der Waals surface area contributed by atoms with Crippen LogP contribution in [0.15, 0.2) is 88.1 Å². The Morgan fingerprint density at radius 3 is 2.24 bits per heavy atom. The average Bonchev–Trinajstić information content (AvgIpc) is 3.08. The highest BCUT2D eigenvalue weighted by molar-refractivity contribution is 6.30. The third-order valence-electron chi connectivity index (χ3n) is 8.52. The van der Waals surface area contributed by atoms with Gasteiger partial charge in [-0.2, -0.15) is 0 Å². The SMILES string of the molecule is O=C(N[C@H](Cc1ccc(Cl)cc1)C(=O)N1CCN(c2ccccc2C(=O)N2CCCCC2)CC1)c1cc(=O)c2ccccc2o1. The van der Waals surface area contributed by atoms with Crippen molar-refractivity contribution in [3.8, 4) is 0 Å². The van der Waals surface area contributed by atoms with Gasteiger partial charge < -0.3 is 24.4 Å². The molecule has 2 aliphatic heterocycles. The molecule has 0 spiro atoms. The van der Waals surface area contributed by atoms with E-state index in [1.54, 1.807) is 41.3 Å². The van der Waals surface area contributed by atoms with Crippen molar-refractivity contribution in [3.05, 3.63) is 111 Å². The number of nitrogens with zero attached hydrogens (tertiary/aromatic N) is 3. The summed E-state index contributed by atoms with van der Waals surface area (Å²) in [4.78, 5) is 59.2. The Morgan fingerprint density at radius 2 is 1.49 bits per heavy atom. The van der Waals surface area contributed by atoms with Crippen LogP contribution in [-0.2, 0) is 11.2 Å². The molecule has 3 amide bonds. The molecule has 0 unspecified atom stereocenters. The van der Waals surface area contributed by atoms with Crippen LogP contribution in [-0.4, -0.2) is 72.8 Å². The van der Waals surface area contributed by atoms with Gasteiger partial charge >= 0.3 is 0 Å². The lowest BCUT2D eigenvalue weighted by molar-refractivity contribution is -0.133. The number of hydrogen-bond acceptors (Lipinski definition) is 6. The number of piperidine rings is 1. The zero-order valence-electron chi connectivity index (χ0n) is 24.9. The Balaban J connectivity index is 1.18. The summed E-state index contributed by atoms with van der Waals surface area (Å²) in [5.41, 5.74) is 2.34. The molecule has 2 aliphatic rings. The van der Waals surface area contributed by atoms with Crippen molar-refractivity contribution < 1.29 is 18.8 Å². The molecule has 0 saturated carbocycles. The Hall–Kier alpha value is -4.63. The molecular weight excluding hydrogens is 592 g/mol. The highest BCUT2D eigenvalue weighted by Gasteiger charge is 2.31. The molecule has 3 aromatic carbocycles. The molecule has 2 saturated heterocycles. The van der Waals surface area contributed by atoms with Gasteiger partial charge in [0.15, 0.2) is 11.2 Å². The van der Waals surface area contributed by atoms with Crippen molar-refractivity contribution in [2.24, 2.45) is 0 Å². The number of benzene rings is 3. The zero-order valence-corrected chi connectivity index (χ0v) is 25.7. The molecule has 1 aromatic heterocycles. The number of nitrogens with one attached hydrogen (secondary N) is 1. The second kappa shape index (κ2) is 13.6. The van der Waals surface area contributed by atoms with Gasteiger partial charge in [0, 0.05) is 62.5 Å². The van der Waals surface area contributed by atoms with Crippen molar-refractivity contribution in [2.75, 3.05) is 44.2 Å². The van der Waals surface area contributed by atoms with Crippen molar-refractivity contribution in [1.82, 2.24) is 15.1 Å². The minimum absolute atomic E-state index is 0.0508. The number of piperazine rings is 1. The van der Waals surface area contributed by atoms with E-state index >= 15 is 0 Å². The van der Waals surface area contributed by atoms with Crippen LogP contribution in [0.1, 0.15) is 45.7 Å². The normalized spacial score (nSPS) is 16.0. The van der Waals surface area contributed by atoms with Crippen molar-refractivity contribution in [1.29, 1.82) is 0 Å². The number of fused-ring (bicyclic) bond motifs is 1. The van der Waals surface area contributed by atoms with Gasteiger partial charge in [0.25, 0.3) is 11.8 Å². The van der Waals surface area contributed by atoms with Crippen LogP contribution in [0.4, 0.5) is 5.69 Å². The molecule has 0 radical (unpaired) electrons. The smallest absolute Gasteiger partial charge is 0.287 e. The lowest BCUT2D eigenvalue weighted by atomic mass is 10.0. The highest BCUT2D eigenvalue weighted by atomic mass is 35.5. The predicted molar refractivity (Wildman–Crippen MR) is 174 cm³/mol. The van der Waals surface area contributed by atoms with Crippen LogP contribution >= 0.6 is 11.6 Å². The molecule has 0 bridgehead atoms. The maximum atomic E-state index is 14.0. The number of hydrogen-bond donors (Lipinski definition) is 1. The quantitative estimate of drug-likeness (QED) is 0.317. The van der Waals surface area contributed by atoms with Gasteiger partial charge in [-0.3, -0.25) is 19.2 Å². The van der Waals surface area contributed by atoms with Crippen LogP contribution in [0.5, 0.6) is 0 Å². The first-order valence-electron chi connectivity index (χ1n) is 15.4. The van der Waals surface area contributed by atoms with E-state index in [4.69, 9.17) is 16.0 Å². The van der Waals surface area contributed by atoms with E-state index in [0.29, 0.717) is 47.7 Å². The molecule has 45 heavy (non-hydrogen) atoms. The number of para-hydroxylation sites is 2. The molecule has 6 rings (SSSR count). The largest absolute Gasteiger partial charge is 0.451 e. The van der Waals surface area contributed by atoms with Gasteiger partial charge in [-0.1, -0.05) is 48.0 Å². The van der Waals surface area contributed by atoms with Gasteiger partial charge in [-0.15, -0.1) is 0 Å². The van der Waals surface area contributed by atoms with Gasteiger partial charge in [-0.05, 0) is 61.2 Å². The summed E-state index contributed by atoms with van der Waals surface area (Å²) in [6.45, 7) is 3.47. The molecule has 232 valence electrons. The summed E-state index contributed by atoms with van der Waals surface area (Å²) in [5.74, 6) is -0.991. The summed E-state index contributed by atoms with van der Waals surface area (Å²) in [5, 5.41) is 3.77. The Morgan fingerprint density at radius 1 is 0.800 bits per heavy atom. The van der Waals surface area contributed by atoms with E-state index in [9.17, 15) is 19.2 Å². The Bertz CT molecular complexity index is 1760. The number of amides is 3. The predicted octanol–water partition coefficient (Wildman–Crippen LogP) is 4.76. The van der Waals surface area contributed by atoms with E-state index in [1.165, 1.54) is 0 Å². The lowest BCUT2D eigenvalue weighted by Crippen LogP contribution is -2.56. The number of anilines is 1. The lowest BCUT2D eigenvalue weighted by Gasteiger charge is -2.38. The third kappa shape index (κ3) is 6.88. The first kappa shape index (κ1) is 30.4. The van der Waals surface area contributed by atoms with E-state index in [0.717, 1.165) is 49.7 Å². The number of carbonyl (C=O) groups excluding carboxylic acids is 3. The van der Waals surface area contributed by atoms with E-state index in [2.05, 4.69) is 10.2 Å². The van der Waals surface area contributed by atoms with Crippen LogP contribution < -0.4 is 15.6 Å². The van der Waals surface area contributed by atoms with E-state index < -0.39 is 11.9 Å². The fourth-order valence-corrected chi connectivity index (χ4v) is 6.21. The summed E-state index contributed by atoms with van der Waals surface area (Å²) < 4.78 is 5.74. The molecule has 3 heterocycles. The highest BCUT2D eigenvalue weighted by Crippen LogP contribution is 2.25. The van der Waals surface area contributed by atoms with Crippen LogP contribution in [0.3, 0.4) is 0 Å². The monoisotopic (exact) mass is 626 g/mol. The first-order chi connectivity index (χ1) is 21.9. The summed E-state index contributed by atoms with van der Waals surface area (Å²) >= 11 is 6.08. The van der Waals surface area contributed by atoms with Crippen LogP contribution in [0.2, 0.25) is 5.02 Å². The second-order valence-corrected chi connectivity index (χ2v) is 11.9. The van der Waals surface area contributed by atoms with Crippen molar-refractivity contribution in [3.63, 3.8) is 0 Å².